The molecule has 0 aliphatic heterocycles. The van der Waals surface area contributed by atoms with Crippen LogP contribution in [0.25, 0.3) is 11.1 Å². The van der Waals surface area contributed by atoms with E-state index in [1.165, 1.54) is 19.1 Å². The van der Waals surface area contributed by atoms with Gasteiger partial charge in [0.2, 0.25) is 0 Å². The molecule has 0 fully saturated rings. The van der Waals surface area contributed by atoms with Crippen LogP contribution < -0.4 is 0 Å². The number of ether oxygens (including phenoxy) is 2. The molecule has 3 rings (SSSR count). The minimum Gasteiger partial charge on any atom is -0.467 e. The lowest BCUT2D eigenvalue weighted by Crippen LogP contribution is -2.45. The Balaban J connectivity index is 2.17. The summed E-state index contributed by atoms with van der Waals surface area (Å²) in [7, 11) is 2.62. The predicted octanol–water partition coefficient (Wildman–Crippen LogP) is 3.39. The van der Waals surface area contributed by atoms with Crippen molar-refractivity contribution in [2.45, 2.75) is 19.0 Å². The van der Waals surface area contributed by atoms with Gasteiger partial charge in [-0.2, -0.15) is 0 Å². The van der Waals surface area contributed by atoms with Crippen LogP contribution in [0.1, 0.15) is 24.1 Å². The van der Waals surface area contributed by atoms with E-state index < -0.39 is 18.1 Å². The Morgan fingerprint density at radius 1 is 0.917 bits per heavy atom. The van der Waals surface area contributed by atoms with Crippen molar-refractivity contribution in [3.63, 3.8) is 0 Å². The SMILES string of the molecule is COC(=O)C(C)N(C(=O)OC)C1c2ccccc2-c2ccccc21. The van der Waals surface area contributed by atoms with Crippen LogP contribution in [0.4, 0.5) is 4.79 Å². The number of hydrogen-bond donors (Lipinski definition) is 0. The Morgan fingerprint density at radius 3 is 1.88 bits per heavy atom. The number of esters is 1. The second kappa shape index (κ2) is 6.35. The number of hydrogen-bond acceptors (Lipinski definition) is 4. The lowest BCUT2D eigenvalue weighted by atomic mass is 10.0. The van der Waals surface area contributed by atoms with Gasteiger partial charge in [0, 0.05) is 0 Å². The highest BCUT2D eigenvalue weighted by atomic mass is 16.5. The lowest BCUT2D eigenvalue weighted by Gasteiger charge is -2.32. The fraction of sp³-hybridized carbons (Fsp3) is 0.263. The van der Waals surface area contributed by atoms with Gasteiger partial charge in [0.25, 0.3) is 0 Å². The topological polar surface area (TPSA) is 55.8 Å². The molecule has 0 aromatic heterocycles. The molecule has 1 amide bonds. The minimum absolute atomic E-state index is 0.390. The van der Waals surface area contributed by atoms with Gasteiger partial charge in [0.1, 0.15) is 6.04 Å². The van der Waals surface area contributed by atoms with Crippen molar-refractivity contribution in [1.82, 2.24) is 4.90 Å². The quantitative estimate of drug-likeness (QED) is 0.812. The molecule has 0 heterocycles. The van der Waals surface area contributed by atoms with E-state index in [2.05, 4.69) is 0 Å². The van der Waals surface area contributed by atoms with Crippen LogP contribution in [0.3, 0.4) is 0 Å². The number of carbonyl (C=O) groups excluding carboxylic acids is 2. The second-order valence-corrected chi connectivity index (χ2v) is 5.65. The molecule has 24 heavy (non-hydrogen) atoms. The average Bonchev–Trinajstić information content (AvgIpc) is 2.96. The Morgan fingerprint density at radius 2 is 1.42 bits per heavy atom. The van der Waals surface area contributed by atoms with Crippen LogP contribution in [0.15, 0.2) is 48.5 Å². The van der Waals surface area contributed by atoms with Crippen molar-refractivity contribution in [2.24, 2.45) is 0 Å². The Labute approximate surface area is 140 Å². The van der Waals surface area contributed by atoms with E-state index in [4.69, 9.17) is 9.47 Å². The Bertz CT molecular complexity index is 741. The summed E-state index contributed by atoms with van der Waals surface area (Å²) in [5, 5.41) is 0. The summed E-state index contributed by atoms with van der Waals surface area (Å²) in [5.74, 6) is -0.484. The molecule has 0 saturated carbocycles. The summed E-state index contributed by atoms with van der Waals surface area (Å²) >= 11 is 0. The molecule has 0 radical (unpaired) electrons. The summed E-state index contributed by atoms with van der Waals surface area (Å²) in [6, 6.07) is 14.6. The molecule has 1 unspecified atom stereocenters. The summed E-state index contributed by atoms with van der Waals surface area (Å²) in [6.45, 7) is 1.65. The van der Waals surface area contributed by atoms with Crippen molar-refractivity contribution in [3.05, 3.63) is 59.7 Å². The first-order valence-electron chi connectivity index (χ1n) is 7.72. The van der Waals surface area contributed by atoms with Gasteiger partial charge in [-0.15, -0.1) is 0 Å². The molecule has 124 valence electrons. The molecule has 0 spiro atoms. The van der Waals surface area contributed by atoms with Gasteiger partial charge >= 0.3 is 12.1 Å². The number of benzene rings is 2. The maximum atomic E-state index is 12.5. The van der Waals surface area contributed by atoms with E-state index in [0.29, 0.717) is 0 Å². The third kappa shape index (κ3) is 2.42. The largest absolute Gasteiger partial charge is 0.467 e. The number of methoxy groups -OCH3 is 2. The lowest BCUT2D eigenvalue weighted by molar-refractivity contribution is -0.146. The van der Waals surface area contributed by atoms with E-state index in [-0.39, 0.29) is 6.04 Å². The second-order valence-electron chi connectivity index (χ2n) is 5.65. The predicted molar refractivity (Wildman–Crippen MR) is 89.4 cm³/mol. The van der Waals surface area contributed by atoms with Crippen molar-refractivity contribution >= 4 is 12.1 Å². The molecule has 5 heteroatoms. The first-order valence-corrected chi connectivity index (χ1v) is 7.72. The van der Waals surface area contributed by atoms with Crippen LogP contribution >= 0.6 is 0 Å². The minimum atomic E-state index is -0.772. The van der Waals surface area contributed by atoms with Crippen molar-refractivity contribution in [3.8, 4) is 11.1 Å². The highest BCUT2D eigenvalue weighted by Gasteiger charge is 2.40. The van der Waals surface area contributed by atoms with Gasteiger partial charge < -0.3 is 9.47 Å². The summed E-state index contributed by atoms with van der Waals surface area (Å²) in [5.41, 5.74) is 4.06. The first kappa shape index (κ1) is 16.1. The number of fused-ring (bicyclic) bond motifs is 3. The maximum Gasteiger partial charge on any atom is 0.411 e. The standard InChI is InChI=1S/C19H19NO4/c1-12(18(21)23-2)20(19(22)24-3)17-15-10-6-4-8-13(15)14-9-5-7-11-16(14)17/h4-12,17H,1-3H3. The molecule has 1 aliphatic rings. The van der Waals surface area contributed by atoms with Crippen LogP contribution in [0.5, 0.6) is 0 Å². The number of amides is 1. The molecular weight excluding hydrogens is 306 g/mol. The van der Waals surface area contributed by atoms with Crippen molar-refractivity contribution in [2.75, 3.05) is 14.2 Å². The van der Waals surface area contributed by atoms with Gasteiger partial charge in [0.15, 0.2) is 0 Å². The van der Waals surface area contributed by atoms with Gasteiger partial charge in [-0.25, -0.2) is 9.59 Å². The number of nitrogens with zero attached hydrogens (tertiary/aromatic N) is 1. The molecule has 0 N–H and O–H groups in total. The molecule has 0 bridgehead atoms. The molecule has 1 aliphatic carbocycles. The van der Waals surface area contributed by atoms with Crippen molar-refractivity contribution in [1.29, 1.82) is 0 Å². The smallest absolute Gasteiger partial charge is 0.411 e. The molecule has 2 aromatic carbocycles. The van der Waals surface area contributed by atoms with E-state index in [1.54, 1.807) is 6.92 Å². The van der Waals surface area contributed by atoms with Crippen LogP contribution in [-0.2, 0) is 14.3 Å². The van der Waals surface area contributed by atoms with Crippen molar-refractivity contribution < 1.29 is 19.1 Å². The summed E-state index contributed by atoms with van der Waals surface area (Å²) in [6.07, 6.45) is -0.565. The van der Waals surface area contributed by atoms with Gasteiger partial charge in [-0.3, -0.25) is 4.90 Å². The zero-order chi connectivity index (χ0) is 17.3. The molecular formula is C19H19NO4. The first-order chi connectivity index (χ1) is 11.6. The van der Waals surface area contributed by atoms with Crippen LogP contribution in [0.2, 0.25) is 0 Å². The van der Waals surface area contributed by atoms with E-state index in [0.717, 1.165) is 22.3 Å². The third-order valence-corrected chi connectivity index (χ3v) is 4.42. The third-order valence-electron chi connectivity index (χ3n) is 4.42. The molecule has 2 aromatic rings. The molecule has 5 nitrogen and oxygen atoms in total. The number of rotatable bonds is 3. The zero-order valence-electron chi connectivity index (χ0n) is 13.9. The van der Waals surface area contributed by atoms with Gasteiger partial charge in [-0.05, 0) is 29.2 Å². The highest BCUT2D eigenvalue weighted by molar-refractivity contribution is 5.85. The van der Waals surface area contributed by atoms with Gasteiger partial charge in [0.05, 0.1) is 20.3 Å². The number of carbonyl (C=O) groups is 2. The molecule has 0 saturated heterocycles. The summed E-state index contributed by atoms with van der Waals surface area (Å²) < 4.78 is 9.78. The fourth-order valence-corrected chi connectivity index (χ4v) is 3.31. The van der Waals surface area contributed by atoms with E-state index in [1.807, 2.05) is 48.5 Å². The monoisotopic (exact) mass is 325 g/mol. The highest BCUT2D eigenvalue weighted by Crippen LogP contribution is 2.46. The summed E-state index contributed by atoms with van der Waals surface area (Å²) in [4.78, 5) is 26.0. The van der Waals surface area contributed by atoms with Crippen LogP contribution in [0, 0.1) is 0 Å². The average molecular weight is 325 g/mol. The van der Waals surface area contributed by atoms with Crippen LogP contribution in [-0.4, -0.2) is 37.2 Å². The Hall–Kier alpha value is -2.82. The zero-order valence-corrected chi connectivity index (χ0v) is 13.9. The maximum absolute atomic E-state index is 12.5. The van der Waals surface area contributed by atoms with Gasteiger partial charge in [-0.1, -0.05) is 48.5 Å². The fourth-order valence-electron chi connectivity index (χ4n) is 3.31. The molecule has 1 atom stereocenters. The van der Waals surface area contributed by atoms with E-state index >= 15 is 0 Å². The normalized spacial score (nSPS) is 13.6. The van der Waals surface area contributed by atoms with E-state index in [9.17, 15) is 9.59 Å². The Kier molecular flexibility index (Phi) is 4.25.